The van der Waals surface area contributed by atoms with Crippen molar-refractivity contribution in [2.45, 2.75) is 32.6 Å². The van der Waals surface area contributed by atoms with Crippen molar-refractivity contribution in [3.63, 3.8) is 0 Å². The van der Waals surface area contributed by atoms with Crippen molar-refractivity contribution < 1.29 is 4.79 Å². The molecular formula is C16H23NO. The summed E-state index contributed by atoms with van der Waals surface area (Å²) in [5.41, 5.74) is 1.25. The van der Waals surface area contributed by atoms with Crippen molar-refractivity contribution in [3.05, 3.63) is 35.9 Å². The molecule has 0 radical (unpaired) electrons. The van der Waals surface area contributed by atoms with Crippen LogP contribution in [0.3, 0.4) is 0 Å². The van der Waals surface area contributed by atoms with Crippen LogP contribution in [0.1, 0.15) is 31.7 Å². The fourth-order valence-electron chi connectivity index (χ4n) is 2.90. The Hall–Kier alpha value is -1.15. The second-order valence-electron chi connectivity index (χ2n) is 5.81. The highest BCUT2D eigenvalue weighted by atomic mass is 16.1. The number of Topliss-reactive ketones (excluding diaryl/α,β-unsaturated/α-hetero) is 1. The molecule has 2 heteroatoms. The van der Waals surface area contributed by atoms with Crippen LogP contribution in [0.5, 0.6) is 0 Å². The van der Waals surface area contributed by atoms with Gasteiger partial charge >= 0.3 is 0 Å². The zero-order valence-corrected chi connectivity index (χ0v) is 11.5. The summed E-state index contributed by atoms with van der Waals surface area (Å²) in [4.78, 5) is 14.4. The Morgan fingerprint density at radius 1 is 1.28 bits per heavy atom. The van der Waals surface area contributed by atoms with E-state index in [1.165, 1.54) is 5.56 Å². The Bertz CT molecular complexity index is 401. The van der Waals surface area contributed by atoms with Crippen LogP contribution in [0.2, 0.25) is 0 Å². The van der Waals surface area contributed by atoms with Crippen LogP contribution >= 0.6 is 0 Å². The highest BCUT2D eigenvalue weighted by Crippen LogP contribution is 2.31. The second kappa shape index (κ2) is 5.66. The normalized spacial score (nSPS) is 25.3. The first-order valence-corrected chi connectivity index (χ1v) is 6.86. The second-order valence-corrected chi connectivity index (χ2v) is 5.81. The van der Waals surface area contributed by atoms with Gasteiger partial charge in [0.25, 0.3) is 0 Å². The number of carbonyl (C=O) groups is 1. The molecule has 2 rings (SSSR count). The van der Waals surface area contributed by atoms with Gasteiger partial charge in [-0.15, -0.1) is 0 Å². The number of ketones is 1. The van der Waals surface area contributed by atoms with Crippen molar-refractivity contribution >= 4 is 5.78 Å². The molecule has 1 atom stereocenters. The lowest BCUT2D eigenvalue weighted by Gasteiger charge is -2.37. The molecule has 0 N–H and O–H groups in total. The fourth-order valence-corrected chi connectivity index (χ4v) is 2.90. The van der Waals surface area contributed by atoms with E-state index in [2.05, 4.69) is 43.1 Å². The summed E-state index contributed by atoms with van der Waals surface area (Å²) in [6.45, 7) is 3.98. The van der Waals surface area contributed by atoms with E-state index in [0.717, 1.165) is 38.8 Å². The third-order valence-corrected chi connectivity index (χ3v) is 4.05. The highest BCUT2D eigenvalue weighted by molar-refractivity contribution is 5.85. The number of piperidine rings is 1. The fraction of sp³-hybridized carbons (Fsp3) is 0.562. The minimum atomic E-state index is -0.123. The van der Waals surface area contributed by atoms with Crippen LogP contribution in [0.25, 0.3) is 0 Å². The summed E-state index contributed by atoms with van der Waals surface area (Å²) >= 11 is 0. The van der Waals surface area contributed by atoms with Gasteiger partial charge in [0.05, 0.1) is 0 Å². The Balaban J connectivity index is 1.87. The molecule has 0 amide bonds. The summed E-state index contributed by atoms with van der Waals surface area (Å²) in [6, 6.07) is 10.5. The number of nitrogens with zero attached hydrogens (tertiary/aromatic N) is 1. The lowest BCUT2D eigenvalue weighted by Crippen LogP contribution is -2.46. The Kier molecular flexibility index (Phi) is 4.18. The van der Waals surface area contributed by atoms with Gasteiger partial charge in [0, 0.05) is 24.9 Å². The number of benzene rings is 1. The monoisotopic (exact) mass is 245 g/mol. The van der Waals surface area contributed by atoms with Gasteiger partial charge in [0.1, 0.15) is 5.78 Å². The smallest absolute Gasteiger partial charge is 0.141 e. The summed E-state index contributed by atoms with van der Waals surface area (Å²) in [5.74, 6) is 0.452. The molecular weight excluding hydrogens is 222 g/mol. The maximum absolute atomic E-state index is 12.1. The summed E-state index contributed by atoms with van der Waals surface area (Å²) in [5, 5.41) is 0. The molecule has 18 heavy (non-hydrogen) atoms. The number of likely N-dealkylation sites (tertiary alicyclic amines) is 1. The molecule has 1 unspecified atom stereocenters. The molecule has 0 saturated carbocycles. The molecule has 2 nitrogen and oxygen atoms in total. The molecule has 1 aromatic carbocycles. The van der Waals surface area contributed by atoms with E-state index < -0.39 is 0 Å². The maximum atomic E-state index is 12.1. The molecule has 1 aromatic rings. The van der Waals surface area contributed by atoms with Crippen LogP contribution in [0, 0.1) is 5.41 Å². The predicted molar refractivity (Wildman–Crippen MR) is 74.6 cm³/mol. The van der Waals surface area contributed by atoms with Crippen molar-refractivity contribution in [1.29, 1.82) is 0 Å². The van der Waals surface area contributed by atoms with Gasteiger partial charge in [-0.3, -0.25) is 4.79 Å². The number of rotatable bonds is 4. The molecule has 1 heterocycles. The van der Waals surface area contributed by atoms with E-state index >= 15 is 0 Å². The largest absolute Gasteiger partial charge is 0.305 e. The Labute approximate surface area is 110 Å². The van der Waals surface area contributed by atoms with E-state index in [1.807, 2.05) is 6.07 Å². The highest BCUT2D eigenvalue weighted by Gasteiger charge is 2.36. The molecule has 0 aromatic heterocycles. The van der Waals surface area contributed by atoms with Crippen LogP contribution in [-0.2, 0) is 11.2 Å². The van der Waals surface area contributed by atoms with Crippen molar-refractivity contribution in [2.24, 2.45) is 5.41 Å². The van der Waals surface area contributed by atoms with Crippen molar-refractivity contribution in [3.8, 4) is 0 Å². The number of hydrogen-bond acceptors (Lipinski definition) is 2. The predicted octanol–water partition coefficient (Wildman–Crippen LogP) is 2.92. The van der Waals surface area contributed by atoms with E-state index in [4.69, 9.17) is 0 Å². The minimum Gasteiger partial charge on any atom is -0.305 e. The van der Waals surface area contributed by atoms with Crippen LogP contribution in [-0.4, -0.2) is 30.8 Å². The summed E-state index contributed by atoms with van der Waals surface area (Å²) in [6.07, 6.45) is 3.90. The van der Waals surface area contributed by atoms with Crippen molar-refractivity contribution in [2.75, 3.05) is 20.1 Å². The lowest BCUT2D eigenvalue weighted by molar-refractivity contribution is -0.132. The quantitative estimate of drug-likeness (QED) is 0.813. The average Bonchev–Trinajstić information content (AvgIpc) is 2.36. The first-order chi connectivity index (χ1) is 8.60. The lowest BCUT2D eigenvalue weighted by atomic mass is 9.76. The third-order valence-electron chi connectivity index (χ3n) is 4.05. The third kappa shape index (κ3) is 3.20. The molecule has 0 bridgehead atoms. The molecule has 1 saturated heterocycles. The molecule has 0 aliphatic carbocycles. The molecule has 1 fully saturated rings. The van der Waals surface area contributed by atoms with E-state index in [9.17, 15) is 4.79 Å². The van der Waals surface area contributed by atoms with Gasteiger partial charge in [0.15, 0.2) is 0 Å². The Morgan fingerprint density at radius 3 is 2.72 bits per heavy atom. The van der Waals surface area contributed by atoms with Crippen LogP contribution < -0.4 is 0 Å². The van der Waals surface area contributed by atoms with E-state index in [-0.39, 0.29) is 5.41 Å². The SMILES string of the molecule is CN1CCC(=O)C(C)(CCCc2ccccc2)C1. The zero-order valence-electron chi connectivity index (χ0n) is 11.5. The maximum Gasteiger partial charge on any atom is 0.141 e. The minimum absolute atomic E-state index is 0.123. The zero-order chi connectivity index (χ0) is 13.0. The summed E-state index contributed by atoms with van der Waals surface area (Å²) in [7, 11) is 2.11. The number of aryl methyl sites for hydroxylation is 1. The molecule has 0 spiro atoms. The van der Waals surface area contributed by atoms with Gasteiger partial charge in [0.2, 0.25) is 0 Å². The van der Waals surface area contributed by atoms with Gasteiger partial charge < -0.3 is 4.90 Å². The van der Waals surface area contributed by atoms with Gasteiger partial charge in [-0.25, -0.2) is 0 Å². The van der Waals surface area contributed by atoms with Gasteiger partial charge in [-0.2, -0.15) is 0 Å². The van der Waals surface area contributed by atoms with Gasteiger partial charge in [-0.05, 0) is 31.9 Å². The topological polar surface area (TPSA) is 20.3 Å². The van der Waals surface area contributed by atoms with Crippen LogP contribution in [0.4, 0.5) is 0 Å². The molecule has 98 valence electrons. The van der Waals surface area contributed by atoms with Crippen LogP contribution in [0.15, 0.2) is 30.3 Å². The summed E-state index contributed by atoms with van der Waals surface area (Å²) < 4.78 is 0. The average molecular weight is 245 g/mol. The first-order valence-electron chi connectivity index (χ1n) is 6.86. The van der Waals surface area contributed by atoms with Crippen molar-refractivity contribution in [1.82, 2.24) is 4.90 Å². The Morgan fingerprint density at radius 2 is 2.00 bits per heavy atom. The van der Waals surface area contributed by atoms with E-state index in [0.29, 0.717) is 5.78 Å². The van der Waals surface area contributed by atoms with E-state index in [1.54, 1.807) is 0 Å². The molecule has 1 aliphatic heterocycles. The molecule has 1 aliphatic rings. The number of hydrogen-bond donors (Lipinski definition) is 0. The van der Waals surface area contributed by atoms with Gasteiger partial charge in [-0.1, -0.05) is 37.3 Å². The number of carbonyl (C=O) groups excluding carboxylic acids is 1. The standard InChI is InChI=1S/C16H23NO/c1-16(13-17(2)12-10-15(16)18)11-6-9-14-7-4-3-5-8-14/h3-5,7-8H,6,9-13H2,1-2H3. The first kappa shape index (κ1) is 13.3.